The molecule has 5 rings (SSSR count). The van der Waals surface area contributed by atoms with Crippen LogP contribution in [0.1, 0.15) is 23.6 Å². The fraction of sp³-hybridized carbons (Fsp3) is 0.217. The number of carbonyl (C=O) groups excluding carboxylic acids is 1. The van der Waals surface area contributed by atoms with Crippen LogP contribution in [0.5, 0.6) is 5.75 Å². The fourth-order valence-electron chi connectivity index (χ4n) is 3.98. The number of nitrogens with one attached hydrogen (secondary N) is 1. The number of hydrogen-bond acceptors (Lipinski definition) is 4. The molecule has 28 heavy (non-hydrogen) atoms. The molecule has 0 spiro atoms. The summed E-state index contributed by atoms with van der Waals surface area (Å²) in [6.45, 7) is 2.59. The van der Waals surface area contributed by atoms with Gasteiger partial charge in [0.05, 0.1) is 23.2 Å². The van der Waals surface area contributed by atoms with Gasteiger partial charge in [0.2, 0.25) is 5.91 Å². The van der Waals surface area contributed by atoms with Gasteiger partial charge < -0.3 is 10.1 Å². The normalized spacial score (nSPS) is 12.6. The summed E-state index contributed by atoms with van der Waals surface area (Å²) in [7, 11) is 0. The van der Waals surface area contributed by atoms with Gasteiger partial charge in [-0.05, 0) is 60.0 Å². The number of fused-ring (bicyclic) bond motifs is 2. The van der Waals surface area contributed by atoms with E-state index < -0.39 is 0 Å². The molecule has 3 aromatic carbocycles. The highest BCUT2D eigenvalue weighted by molar-refractivity contribution is 7.22. The molecule has 0 radical (unpaired) electrons. The fourth-order valence-corrected chi connectivity index (χ4v) is 4.94. The Morgan fingerprint density at radius 2 is 1.96 bits per heavy atom. The largest absolute Gasteiger partial charge is 0.494 e. The van der Waals surface area contributed by atoms with Crippen LogP contribution in [0.4, 0.5) is 5.13 Å². The van der Waals surface area contributed by atoms with Crippen molar-refractivity contribution >= 4 is 43.4 Å². The Morgan fingerprint density at radius 1 is 1.14 bits per heavy atom. The van der Waals surface area contributed by atoms with E-state index in [0.717, 1.165) is 34.4 Å². The summed E-state index contributed by atoms with van der Waals surface area (Å²) in [5.74, 6) is 0.766. The zero-order valence-corrected chi connectivity index (χ0v) is 16.4. The van der Waals surface area contributed by atoms with Gasteiger partial charge in [-0.15, -0.1) is 0 Å². The number of rotatable bonds is 5. The first-order chi connectivity index (χ1) is 13.7. The molecule has 4 nitrogen and oxygen atoms in total. The summed E-state index contributed by atoms with van der Waals surface area (Å²) in [4.78, 5) is 17.2. The number of carbonyl (C=O) groups is 1. The molecular weight excluding hydrogens is 368 g/mol. The molecule has 0 atom stereocenters. The van der Waals surface area contributed by atoms with Gasteiger partial charge in [-0.3, -0.25) is 4.79 Å². The first kappa shape index (κ1) is 17.2. The van der Waals surface area contributed by atoms with Gasteiger partial charge in [0.15, 0.2) is 5.13 Å². The average molecular weight is 388 g/mol. The van der Waals surface area contributed by atoms with E-state index in [1.807, 2.05) is 31.2 Å². The molecule has 0 unspecified atom stereocenters. The third-order valence-corrected chi connectivity index (χ3v) is 6.11. The number of aromatic nitrogens is 1. The first-order valence-corrected chi connectivity index (χ1v) is 10.4. The van der Waals surface area contributed by atoms with E-state index in [2.05, 4.69) is 29.6 Å². The molecule has 0 bridgehead atoms. The number of benzene rings is 3. The van der Waals surface area contributed by atoms with Crippen molar-refractivity contribution in [1.29, 1.82) is 0 Å². The van der Waals surface area contributed by atoms with Gasteiger partial charge in [-0.1, -0.05) is 41.7 Å². The molecule has 0 saturated carbocycles. The van der Waals surface area contributed by atoms with Crippen LogP contribution in [-0.4, -0.2) is 17.5 Å². The second-order valence-corrected chi connectivity index (χ2v) is 8.07. The number of aryl methyl sites for hydroxylation is 2. The Kier molecular flexibility index (Phi) is 4.24. The molecule has 1 heterocycles. The van der Waals surface area contributed by atoms with Crippen LogP contribution in [0.15, 0.2) is 48.5 Å². The minimum Gasteiger partial charge on any atom is -0.494 e. The first-order valence-electron chi connectivity index (χ1n) is 9.57. The van der Waals surface area contributed by atoms with E-state index in [0.29, 0.717) is 18.2 Å². The summed E-state index contributed by atoms with van der Waals surface area (Å²) >= 11 is 1.55. The Hall–Kier alpha value is -2.92. The molecule has 0 saturated heterocycles. The van der Waals surface area contributed by atoms with E-state index in [-0.39, 0.29) is 5.91 Å². The van der Waals surface area contributed by atoms with Crippen LogP contribution >= 0.6 is 11.3 Å². The van der Waals surface area contributed by atoms with Gasteiger partial charge in [0.25, 0.3) is 0 Å². The number of amides is 1. The van der Waals surface area contributed by atoms with Crippen molar-refractivity contribution in [3.05, 3.63) is 65.2 Å². The summed E-state index contributed by atoms with van der Waals surface area (Å²) in [5, 5.41) is 6.19. The van der Waals surface area contributed by atoms with Crippen molar-refractivity contribution in [3.63, 3.8) is 0 Å². The lowest BCUT2D eigenvalue weighted by molar-refractivity contribution is -0.115. The number of thiazole rings is 1. The number of nitrogens with zero attached hydrogens (tertiary/aromatic N) is 1. The van der Waals surface area contributed by atoms with E-state index in [9.17, 15) is 4.79 Å². The SMILES string of the molecule is CCOc1ccc(CC(=O)Nc2nc3c(cc4c5c(cccc53)CC4)s2)cc1. The smallest absolute Gasteiger partial charge is 0.230 e. The molecule has 1 aliphatic carbocycles. The van der Waals surface area contributed by atoms with E-state index in [4.69, 9.17) is 9.72 Å². The highest BCUT2D eigenvalue weighted by Crippen LogP contribution is 2.39. The molecule has 1 aliphatic rings. The molecule has 0 aliphatic heterocycles. The number of hydrogen-bond donors (Lipinski definition) is 1. The molecule has 0 fully saturated rings. The standard InChI is InChI=1S/C23H20N2O2S/c1-2-27-17-10-6-14(7-11-17)12-20(26)24-23-25-22-18-5-3-4-15-8-9-16(21(15)18)13-19(22)28-23/h3-7,10-11,13H,2,8-9,12H2,1H3,(H,24,25,26). The van der Waals surface area contributed by atoms with Crippen LogP contribution in [0, 0.1) is 0 Å². The van der Waals surface area contributed by atoms with E-state index in [1.54, 1.807) is 11.3 Å². The molecule has 1 amide bonds. The van der Waals surface area contributed by atoms with Gasteiger partial charge >= 0.3 is 0 Å². The second kappa shape index (κ2) is 6.91. The average Bonchev–Trinajstić information content (AvgIpc) is 3.29. The van der Waals surface area contributed by atoms with Crippen LogP contribution in [0.2, 0.25) is 0 Å². The summed E-state index contributed by atoms with van der Waals surface area (Å²) in [6, 6.07) is 16.3. The van der Waals surface area contributed by atoms with Crippen LogP contribution < -0.4 is 10.1 Å². The topological polar surface area (TPSA) is 51.2 Å². The minimum absolute atomic E-state index is 0.0551. The number of ether oxygens (including phenoxy) is 1. The zero-order chi connectivity index (χ0) is 19.1. The molecule has 4 aromatic rings. The lowest BCUT2D eigenvalue weighted by Crippen LogP contribution is -2.14. The maximum Gasteiger partial charge on any atom is 0.230 e. The molecule has 1 aromatic heterocycles. The van der Waals surface area contributed by atoms with Crippen molar-refractivity contribution in [2.24, 2.45) is 0 Å². The molecule has 5 heteroatoms. The van der Waals surface area contributed by atoms with Gasteiger partial charge in [-0.2, -0.15) is 0 Å². The van der Waals surface area contributed by atoms with Crippen LogP contribution in [0.3, 0.4) is 0 Å². The summed E-state index contributed by atoms with van der Waals surface area (Å²) < 4.78 is 6.58. The molecule has 1 N–H and O–H groups in total. The third-order valence-electron chi connectivity index (χ3n) is 5.19. The second-order valence-electron chi connectivity index (χ2n) is 7.04. The summed E-state index contributed by atoms with van der Waals surface area (Å²) in [5.41, 5.74) is 4.75. The predicted molar refractivity (Wildman–Crippen MR) is 114 cm³/mol. The summed E-state index contributed by atoms with van der Waals surface area (Å²) in [6.07, 6.45) is 2.51. The Balaban J connectivity index is 1.39. The maximum absolute atomic E-state index is 12.5. The highest BCUT2D eigenvalue weighted by Gasteiger charge is 2.19. The van der Waals surface area contributed by atoms with Crippen LogP contribution in [-0.2, 0) is 24.1 Å². The molecule has 140 valence electrons. The third kappa shape index (κ3) is 3.02. The lowest BCUT2D eigenvalue weighted by Gasteiger charge is -2.05. The van der Waals surface area contributed by atoms with Gasteiger partial charge in [0.1, 0.15) is 5.75 Å². The minimum atomic E-state index is -0.0551. The van der Waals surface area contributed by atoms with Gasteiger partial charge in [-0.25, -0.2) is 4.98 Å². The Morgan fingerprint density at radius 3 is 2.79 bits per heavy atom. The number of anilines is 1. The quantitative estimate of drug-likeness (QED) is 0.516. The predicted octanol–water partition coefficient (Wildman–Crippen LogP) is 5.13. The molecular formula is C23H20N2O2S. The van der Waals surface area contributed by atoms with Crippen molar-refractivity contribution in [2.45, 2.75) is 26.2 Å². The van der Waals surface area contributed by atoms with Crippen molar-refractivity contribution in [1.82, 2.24) is 4.98 Å². The van der Waals surface area contributed by atoms with Crippen molar-refractivity contribution in [2.75, 3.05) is 11.9 Å². The maximum atomic E-state index is 12.5. The lowest BCUT2D eigenvalue weighted by atomic mass is 10.0. The van der Waals surface area contributed by atoms with Crippen molar-refractivity contribution in [3.8, 4) is 5.75 Å². The zero-order valence-electron chi connectivity index (χ0n) is 15.6. The van der Waals surface area contributed by atoms with E-state index in [1.165, 1.54) is 21.9 Å². The monoisotopic (exact) mass is 388 g/mol. The van der Waals surface area contributed by atoms with E-state index >= 15 is 0 Å². The highest BCUT2D eigenvalue weighted by atomic mass is 32.1. The Bertz CT molecular complexity index is 1190. The van der Waals surface area contributed by atoms with Crippen molar-refractivity contribution < 1.29 is 9.53 Å². The Labute approximate surface area is 167 Å². The van der Waals surface area contributed by atoms with Crippen LogP contribution in [0.25, 0.3) is 21.0 Å². The van der Waals surface area contributed by atoms with Gasteiger partial charge in [0, 0.05) is 5.39 Å².